The van der Waals surface area contributed by atoms with Crippen molar-refractivity contribution >= 4 is 0 Å². The van der Waals surface area contributed by atoms with E-state index in [2.05, 4.69) is 51.5 Å². The predicted octanol–water partition coefficient (Wildman–Crippen LogP) is 0.588. The Hall–Kier alpha value is -0.170. The first kappa shape index (κ1) is 20.1. The number of hydrogen-bond acceptors (Lipinski definition) is 2. The molecule has 0 N–H and O–H groups in total. The van der Waals surface area contributed by atoms with Gasteiger partial charge >= 0.3 is 0 Å². The third kappa shape index (κ3) is 4.71. The lowest BCUT2D eigenvalue weighted by Crippen LogP contribution is -3.00. The van der Waals surface area contributed by atoms with Gasteiger partial charge in [-0.05, 0) is 24.3 Å². The van der Waals surface area contributed by atoms with E-state index in [-0.39, 0.29) is 35.7 Å². The first-order valence-corrected chi connectivity index (χ1v) is 9.11. The van der Waals surface area contributed by atoms with E-state index in [1.807, 2.05) is 0 Å². The molecule has 0 aromatic heterocycles. The molecule has 2 aliphatic rings. The van der Waals surface area contributed by atoms with Crippen molar-refractivity contribution in [2.45, 2.75) is 43.8 Å². The van der Waals surface area contributed by atoms with Crippen LogP contribution in [0.2, 0.25) is 0 Å². The number of benzene rings is 1. The highest BCUT2D eigenvalue weighted by Crippen LogP contribution is 2.44. The van der Waals surface area contributed by atoms with E-state index >= 15 is 0 Å². The Morgan fingerprint density at radius 2 is 1.71 bits per heavy atom. The molecular weight excluding hydrogens is 413 g/mol. The van der Waals surface area contributed by atoms with Gasteiger partial charge in [0.15, 0.2) is 0 Å². The van der Waals surface area contributed by atoms with E-state index in [9.17, 15) is 0 Å². The minimum atomic E-state index is -0.250. The van der Waals surface area contributed by atoms with Crippen molar-refractivity contribution in [3.05, 3.63) is 35.9 Å². The van der Waals surface area contributed by atoms with Crippen LogP contribution in [0, 0.1) is 5.92 Å². The summed E-state index contributed by atoms with van der Waals surface area (Å²) in [5, 5.41) is 0. The molecule has 2 unspecified atom stereocenters. The molecular formula is C20H32INO2. The molecule has 1 aliphatic heterocycles. The van der Waals surface area contributed by atoms with Crippen LogP contribution in [0.1, 0.15) is 37.7 Å². The summed E-state index contributed by atoms with van der Waals surface area (Å²) >= 11 is 0. The maximum atomic E-state index is 6.84. The SMILES string of the molecule is C[N+](C)(C)CC1COCC(c2ccccc2)(C2CCCCC2)O1.[I-]. The predicted molar refractivity (Wildman–Crippen MR) is 93.3 cm³/mol. The van der Waals surface area contributed by atoms with Crippen molar-refractivity contribution in [2.24, 2.45) is 5.92 Å². The fourth-order valence-corrected chi connectivity index (χ4v) is 4.30. The van der Waals surface area contributed by atoms with Gasteiger partial charge in [0.2, 0.25) is 0 Å². The normalized spacial score (nSPS) is 29.0. The molecule has 1 heterocycles. The van der Waals surface area contributed by atoms with Crippen molar-refractivity contribution in [3.63, 3.8) is 0 Å². The fraction of sp³-hybridized carbons (Fsp3) is 0.700. The number of ether oxygens (including phenoxy) is 2. The van der Waals surface area contributed by atoms with Crippen molar-refractivity contribution < 1.29 is 37.9 Å². The van der Waals surface area contributed by atoms with Crippen LogP contribution >= 0.6 is 0 Å². The number of hydrogen-bond donors (Lipinski definition) is 0. The first-order chi connectivity index (χ1) is 11.0. The average Bonchev–Trinajstić information content (AvgIpc) is 2.55. The minimum absolute atomic E-state index is 0. The summed E-state index contributed by atoms with van der Waals surface area (Å²) in [6.07, 6.45) is 6.70. The zero-order valence-corrected chi connectivity index (χ0v) is 17.5. The molecule has 0 bridgehead atoms. The Balaban J connectivity index is 0.00000208. The molecule has 136 valence electrons. The van der Waals surface area contributed by atoms with Crippen LogP contribution in [-0.2, 0) is 15.1 Å². The molecule has 2 atom stereocenters. The number of rotatable bonds is 4. The molecule has 3 rings (SSSR count). The molecule has 1 aromatic carbocycles. The second-order valence-electron chi connectivity index (χ2n) is 8.32. The van der Waals surface area contributed by atoms with Gasteiger partial charge in [-0.15, -0.1) is 0 Å². The Morgan fingerprint density at radius 1 is 1.04 bits per heavy atom. The van der Waals surface area contributed by atoms with Gasteiger partial charge in [0.1, 0.15) is 18.2 Å². The molecule has 0 amide bonds. The second kappa shape index (κ2) is 8.47. The lowest BCUT2D eigenvalue weighted by Gasteiger charge is -2.48. The zero-order valence-electron chi connectivity index (χ0n) is 15.3. The quantitative estimate of drug-likeness (QED) is 0.499. The third-order valence-corrected chi connectivity index (χ3v) is 5.28. The van der Waals surface area contributed by atoms with Crippen LogP contribution in [0.25, 0.3) is 0 Å². The van der Waals surface area contributed by atoms with Gasteiger partial charge in [-0.1, -0.05) is 49.6 Å². The largest absolute Gasteiger partial charge is 1.00 e. The van der Waals surface area contributed by atoms with Crippen LogP contribution in [0.15, 0.2) is 30.3 Å². The highest BCUT2D eigenvalue weighted by molar-refractivity contribution is 5.25. The number of quaternary nitrogens is 1. The molecule has 0 radical (unpaired) electrons. The summed E-state index contributed by atoms with van der Waals surface area (Å²) in [5.74, 6) is 0.578. The highest BCUT2D eigenvalue weighted by atomic mass is 127. The van der Waals surface area contributed by atoms with Gasteiger partial charge in [-0.25, -0.2) is 0 Å². The van der Waals surface area contributed by atoms with Crippen molar-refractivity contribution in [2.75, 3.05) is 40.9 Å². The van der Waals surface area contributed by atoms with Gasteiger partial charge in [0.25, 0.3) is 0 Å². The molecule has 2 fully saturated rings. The summed E-state index contributed by atoms with van der Waals surface area (Å²) in [6.45, 7) is 2.41. The van der Waals surface area contributed by atoms with Gasteiger partial charge in [0, 0.05) is 0 Å². The monoisotopic (exact) mass is 445 g/mol. The molecule has 0 spiro atoms. The van der Waals surface area contributed by atoms with E-state index in [0.717, 1.165) is 17.6 Å². The zero-order chi connectivity index (χ0) is 16.3. The van der Waals surface area contributed by atoms with Crippen LogP contribution < -0.4 is 24.0 Å². The molecule has 1 saturated heterocycles. The van der Waals surface area contributed by atoms with E-state index in [4.69, 9.17) is 9.47 Å². The molecule has 24 heavy (non-hydrogen) atoms. The minimum Gasteiger partial charge on any atom is -1.00 e. The lowest BCUT2D eigenvalue weighted by atomic mass is 9.73. The smallest absolute Gasteiger partial charge is 0.131 e. The van der Waals surface area contributed by atoms with E-state index in [1.54, 1.807) is 0 Å². The average molecular weight is 445 g/mol. The number of halogens is 1. The van der Waals surface area contributed by atoms with E-state index in [0.29, 0.717) is 12.5 Å². The van der Waals surface area contributed by atoms with Crippen molar-refractivity contribution in [1.29, 1.82) is 0 Å². The first-order valence-electron chi connectivity index (χ1n) is 9.11. The molecule has 3 nitrogen and oxygen atoms in total. The Kier molecular flexibility index (Phi) is 7.11. The van der Waals surface area contributed by atoms with Crippen molar-refractivity contribution in [3.8, 4) is 0 Å². The summed E-state index contributed by atoms with van der Waals surface area (Å²) in [7, 11) is 6.67. The Morgan fingerprint density at radius 3 is 2.33 bits per heavy atom. The fourth-order valence-electron chi connectivity index (χ4n) is 4.30. The summed E-state index contributed by atoms with van der Waals surface area (Å²) in [5.41, 5.74) is 1.05. The second-order valence-corrected chi connectivity index (χ2v) is 8.32. The third-order valence-electron chi connectivity index (χ3n) is 5.28. The summed E-state index contributed by atoms with van der Waals surface area (Å²) in [4.78, 5) is 0. The maximum Gasteiger partial charge on any atom is 0.131 e. The summed E-state index contributed by atoms with van der Waals surface area (Å²) < 4.78 is 13.9. The number of likely N-dealkylation sites (N-methyl/N-ethyl adjacent to an activating group) is 1. The Labute approximate surface area is 164 Å². The molecule has 1 aromatic rings. The maximum absolute atomic E-state index is 6.84. The Bertz CT molecular complexity index is 496. The van der Waals surface area contributed by atoms with Crippen molar-refractivity contribution in [1.82, 2.24) is 0 Å². The number of nitrogens with zero attached hydrogens (tertiary/aromatic N) is 1. The van der Waals surface area contributed by atoms with Crippen LogP contribution in [-0.4, -0.2) is 51.5 Å². The summed E-state index contributed by atoms with van der Waals surface area (Å²) in [6, 6.07) is 10.8. The van der Waals surface area contributed by atoms with Gasteiger partial charge < -0.3 is 37.9 Å². The standard InChI is InChI=1S/C20H32NO2.HI/c1-21(2,3)14-19-15-22-16-20(23-19,17-10-6-4-7-11-17)18-12-8-5-9-13-18;/h4,6-7,10-11,18-19H,5,8-9,12-16H2,1-3H3;1H/q+1;/p-1. The van der Waals surface area contributed by atoms with Crippen LogP contribution in [0.5, 0.6) is 0 Å². The van der Waals surface area contributed by atoms with E-state index < -0.39 is 0 Å². The molecule has 1 saturated carbocycles. The van der Waals surface area contributed by atoms with Crippen LogP contribution in [0.4, 0.5) is 0 Å². The van der Waals surface area contributed by atoms with Gasteiger partial charge in [0.05, 0.1) is 34.4 Å². The molecule has 4 heteroatoms. The van der Waals surface area contributed by atoms with Gasteiger partial charge in [-0.2, -0.15) is 0 Å². The highest BCUT2D eigenvalue weighted by Gasteiger charge is 2.47. The molecule has 1 aliphatic carbocycles. The topological polar surface area (TPSA) is 18.5 Å². The van der Waals surface area contributed by atoms with Gasteiger partial charge in [-0.3, -0.25) is 0 Å². The van der Waals surface area contributed by atoms with E-state index in [1.165, 1.54) is 37.7 Å². The van der Waals surface area contributed by atoms with Crippen LogP contribution in [0.3, 0.4) is 0 Å². The lowest BCUT2D eigenvalue weighted by molar-refractivity contribution is -0.874.